The standard InChI is InChI=1S/C36H47NO8/c1-4-5-6-9-15-42-16-17-43-18-19-44-20-21-45-36(40)33-25(2)37-30-23-27(29-13-7-8-14-32(29)41-3)24-31(39)35(30)34(33)26-11-10-12-28(38)22-26/h7-8,10-14,22,27,34,37-38H,4-6,9,15-21,23-24H2,1-3H3. The van der Waals surface area contributed by atoms with Crippen molar-refractivity contribution in [3.63, 3.8) is 0 Å². The Morgan fingerprint density at radius 2 is 1.60 bits per heavy atom. The second kappa shape index (κ2) is 17.7. The number of phenols is 1. The third-order valence-electron chi connectivity index (χ3n) is 8.18. The predicted molar refractivity (Wildman–Crippen MR) is 171 cm³/mol. The molecule has 9 nitrogen and oxygen atoms in total. The number of hydrogen-bond donors (Lipinski definition) is 2. The van der Waals surface area contributed by atoms with Gasteiger partial charge in [-0.15, -0.1) is 0 Å². The number of aromatic hydroxyl groups is 1. The number of rotatable bonds is 18. The fourth-order valence-electron chi connectivity index (χ4n) is 6.01. The van der Waals surface area contributed by atoms with Crippen molar-refractivity contribution in [2.45, 2.75) is 64.2 Å². The summed E-state index contributed by atoms with van der Waals surface area (Å²) in [5.41, 5.74) is 3.89. The maximum Gasteiger partial charge on any atom is 0.336 e. The first-order valence-corrected chi connectivity index (χ1v) is 16.0. The molecule has 45 heavy (non-hydrogen) atoms. The maximum atomic E-state index is 13.8. The molecule has 1 heterocycles. The Bertz CT molecular complexity index is 1350. The van der Waals surface area contributed by atoms with Gasteiger partial charge in [-0.1, -0.05) is 56.5 Å². The van der Waals surface area contributed by atoms with Crippen LogP contribution in [0.25, 0.3) is 0 Å². The first kappa shape index (κ1) is 34.2. The Morgan fingerprint density at radius 1 is 0.889 bits per heavy atom. The minimum atomic E-state index is -0.671. The molecule has 0 spiro atoms. The lowest BCUT2D eigenvalue weighted by atomic mass is 9.71. The van der Waals surface area contributed by atoms with E-state index in [1.807, 2.05) is 37.3 Å². The Hall–Kier alpha value is -3.66. The van der Waals surface area contributed by atoms with Gasteiger partial charge in [0, 0.05) is 41.8 Å². The van der Waals surface area contributed by atoms with Crippen LogP contribution in [0.4, 0.5) is 0 Å². The molecule has 2 unspecified atom stereocenters. The number of hydrogen-bond acceptors (Lipinski definition) is 9. The molecule has 4 rings (SSSR count). The molecule has 0 fully saturated rings. The normalized spacial score (nSPS) is 18.1. The van der Waals surface area contributed by atoms with Crippen LogP contribution in [0.1, 0.15) is 75.3 Å². The zero-order chi connectivity index (χ0) is 32.0. The summed E-state index contributed by atoms with van der Waals surface area (Å²) in [7, 11) is 1.63. The van der Waals surface area contributed by atoms with Crippen molar-refractivity contribution >= 4 is 11.8 Å². The minimum Gasteiger partial charge on any atom is -0.508 e. The van der Waals surface area contributed by atoms with Gasteiger partial charge in [0.25, 0.3) is 0 Å². The fraction of sp³-hybridized carbons (Fsp3) is 0.500. The number of phenolic OH excluding ortho intramolecular Hbond substituents is 1. The molecule has 244 valence electrons. The summed E-state index contributed by atoms with van der Waals surface area (Å²) in [6.45, 7) is 6.92. The summed E-state index contributed by atoms with van der Waals surface area (Å²) in [6.07, 6.45) is 5.58. The number of carbonyl (C=O) groups is 2. The Labute approximate surface area is 266 Å². The van der Waals surface area contributed by atoms with Crippen molar-refractivity contribution in [1.29, 1.82) is 0 Å². The van der Waals surface area contributed by atoms with Crippen molar-refractivity contribution in [1.82, 2.24) is 5.32 Å². The quantitative estimate of drug-likeness (QED) is 0.154. The first-order valence-electron chi connectivity index (χ1n) is 16.0. The molecule has 0 amide bonds. The number of unbranched alkanes of at least 4 members (excludes halogenated alkanes) is 3. The number of para-hydroxylation sites is 1. The molecule has 0 saturated carbocycles. The Kier molecular flexibility index (Phi) is 13.5. The van der Waals surface area contributed by atoms with E-state index in [4.69, 9.17) is 23.7 Å². The van der Waals surface area contributed by atoms with Crippen LogP contribution in [0.15, 0.2) is 71.1 Å². The topological polar surface area (TPSA) is 113 Å². The van der Waals surface area contributed by atoms with Crippen LogP contribution in [-0.4, -0.2) is 70.2 Å². The lowest BCUT2D eigenvalue weighted by molar-refractivity contribution is -0.141. The molecular formula is C36H47NO8. The van der Waals surface area contributed by atoms with Gasteiger partial charge in [0.15, 0.2) is 5.78 Å². The van der Waals surface area contributed by atoms with E-state index < -0.39 is 11.9 Å². The molecule has 0 bridgehead atoms. The highest BCUT2D eigenvalue weighted by Gasteiger charge is 2.42. The molecule has 2 atom stereocenters. The number of dihydropyridines is 1. The van der Waals surface area contributed by atoms with Gasteiger partial charge in [0.2, 0.25) is 0 Å². The van der Waals surface area contributed by atoms with E-state index in [-0.39, 0.29) is 37.1 Å². The summed E-state index contributed by atoms with van der Waals surface area (Å²) in [6, 6.07) is 14.4. The van der Waals surface area contributed by atoms with Gasteiger partial charge in [-0.2, -0.15) is 0 Å². The summed E-state index contributed by atoms with van der Waals surface area (Å²) < 4.78 is 27.9. The van der Waals surface area contributed by atoms with E-state index in [2.05, 4.69) is 12.2 Å². The molecule has 0 aromatic heterocycles. The molecule has 2 aromatic rings. The van der Waals surface area contributed by atoms with Crippen LogP contribution >= 0.6 is 0 Å². The summed E-state index contributed by atoms with van der Waals surface area (Å²) in [5, 5.41) is 13.7. The maximum absolute atomic E-state index is 13.8. The Balaban J connectivity index is 1.34. The average Bonchev–Trinajstić information content (AvgIpc) is 3.04. The molecule has 0 radical (unpaired) electrons. The van der Waals surface area contributed by atoms with E-state index in [0.29, 0.717) is 55.3 Å². The molecule has 0 saturated heterocycles. The first-order chi connectivity index (χ1) is 21.9. The molecule has 2 aromatic carbocycles. The van der Waals surface area contributed by atoms with Crippen LogP contribution in [-0.2, 0) is 28.5 Å². The molecular weight excluding hydrogens is 574 g/mol. The van der Waals surface area contributed by atoms with Crippen LogP contribution < -0.4 is 10.1 Å². The smallest absolute Gasteiger partial charge is 0.336 e. The van der Waals surface area contributed by atoms with E-state index in [1.54, 1.807) is 25.3 Å². The van der Waals surface area contributed by atoms with Crippen LogP contribution in [0.3, 0.4) is 0 Å². The van der Waals surface area contributed by atoms with Gasteiger partial charge >= 0.3 is 5.97 Å². The van der Waals surface area contributed by atoms with Crippen molar-refractivity contribution < 1.29 is 38.4 Å². The fourth-order valence-corrected chi connectivity index (χ4v) is 6.01. The van der Waals surface area contributed by atoms with Crippen molar-refractivity contribution in [2.24, 2.45) is 0 Å². The molecule has 2 aliphatic rings. The number of esters is 1. The van der Waals surface area contributed by atoms with Gasteiger partial charge in [0.05, 0.1) is 45.7 Å². The van der Waals surface area contributed by atoms with Gasteiger partial charge in [-0.05, 0) is 49.1 Å². The number of benzene rings is 2. The number of carbonyl (C=O) groups excluding carboxylic acids is 2. The summed E-state index contributed by atoms with van der Waals surface area (Å²) in [4.78, 5) is 27.4. The SMILES string of the molecule is CCCCCCOCCOCCOCCOC(=O)C1=C(C)NC2=C(C(=O)CC(c3ccccc3OC)C2)C1c1cccc(O)c1. The number of allylic oxidation sites excluding steroid dienone is 3. The van der Waals surface area contributed by atoms with Crippen molar-refractivity contribution in [3.8, 4) is 11.5 Å². The molecule has 1 aliphatic heterocycles. The highest BCUT2D eigenvalue weighted by Crippen LogP contribution is 2.47. The highest BCUT2D eigenvalue weighted by atomic mass is 16.6. The van der Waals surface area contributed by atoms with Crippen molar-refractivity contribution in [2.75, 3.05) is 53.4 Å². The van der Waals surface area contributed by atoms with Crippen LogP contribution in [0, 0.1) is 0 Å². The van der Waals surface area contributed by atoms with Gasteiger partial charge < -0.3 is 34.1 Å². The zero-order valence-corrected chi connectivity index (χ0v) is 26.8. The number of nitrogens with one attached hydrogen (secondary N) is 1. The highest BCUT2D eigenvalue weighted by molar-refractivity contribution is 6.04. The molecule has 1 aliphatic carbocycles. The van der Waals surface area contributed by atoms with Gasteiger partial charge in [-0.3, -0.25) is 4.79 Å². The zero-order valence-electron chi connectivity index (χ0n) is 26.8. The largest absolute Gasteiger partial charge is 0.508 e. The second-order valence-electron chi connectivity index (χ2n) is 11.4. The lowest BCUT2D eigenvalue weighted by Crippen LogP contribution is -2.36. The number of ketones is 1. The lowest BCUT2D eigenvalue weighted by Gasteiger charge is -2.37. The average molecular weight is 622 g/mol. The third kappa shape index (κ3) is 9.42. The van der Waals surface area contributed by atoms with E-state index in [1.165, 1.54) is 19.3 Å². The van der Waals surface area contributed by atoms with E-state index in [9.17, 15) is 14.7 Å². The van der Waals surface area contributed by atoms with Gasteiger partial charge in [-0.25, -0.2) is 4.79 Å². The molecule has 9 heteroatoms. The van der Waals surface area contributed by atoms with Crippen molar-refractivity contribution in [3.05, 3.63) is 82.2 Å². The minimum absolute atomic E-state index is 0.0545. The number of Topliss-reactive ketones (excluding diaryl/α,β-unsaturated/α-hetero) is 1. The van der Waals surface area contributed by atoms with E-state index in [0.717, 1.165) is 30.0 Å². The van der Waals surface area contributed by atoms with Crippen LogP contribution in [0.5, 0.6) is 11.5 Å². The molecule has 2 N–H and O–H groups in total. The predicted octanol–water partition coefficient (Wildman–Crippen LogP) is 5.94. The van der Waals surface area contributed by atoms with Crippen LogP contribution in [0.2, 0.25) is 0 Å². The summed E-state index contributed by atoms with van der Waals surface area (Å²) in [5.74, 6) is -0.535. The third-order valence-corrected chi connectivity index (χ3v) is 8.18. The van der Waals surface area contributed by atoms with Gasteiger partial charge in [0.1, 0.15) is 18.1 Å². The number of ether oxygens (including phenoxy) is 5. The van der Waals surface area contributed by atoms with E-state index >= 15 is 0 Å². The Morgan fingerprint density at radius 3 is 2.31 bits per heavy atom. The number of methoxy groups -OCH3 is 1. The summed E-state index contributed by atoms with van der Waals surface area (Å²) >= 11 is 0. The second-order valence-corrected chi connectivity index (χ2v) is 11.4. The monoisotopic (exact) mass is 621 g/mol.